The lowest BCUT2D eigenvalue weighted by atomic mass is 9.80. The van der Waals surface area contributed by atoms with Gasteiger partial charge >= 0.3 is 0 Å². The highest BCUT2D eigenvalue weighted by atomic mass is 127. The van der Waals surface area contributed by atoms with Gasteiger partial charge in [-0.3, -0.25) is 0 Å². The van der Waals surface area contributed by atoms with Gasteiger partial charge in [0.2, 0.25) is 0 Å². The number of halogens is 1. The monoisotopic (exact) mass is 301 g/mol. The van der Waals surface area contributed by atoms with E-state index in [1.54, 1.807) is 0 Å². The normalized spacial score (nSPS) is 27.6. The summed E-state index contributed by atoms with van der Waals surface area (Å²) in [6.45, 7) is 0. The van der Waals surface area contributed by atoms with Gasteiger partial charge in [0, 0.05) is 9.61 Å². The summed E-state index contributed by atoms with van der Waals surface area (Å²) >= 11 is 2.34. The number of hydrogen-bond acceptors (Lipinski definition) is 1. The van der Waals surface area contributed by atoms with Crippen LogP contribution >= 0.6 is 22.6 Å². The molecule has 0 unspecified atom stereocenters. The summed E-state index contributed by atoms with van der Waals surface area (Å²) < 4.78 is 1.30. The molecule has 1 aromatic rings. The Morgan fingerprint density at radius 2 is 1.71 bits per heavy atom. The summed E-state index contributed by atoms with van der Waals surface area (Å²) in [6.07, 6.45) is 5.10. The van der Waals surface area contributed by atoms with Gasteiger partial charge < -0.3 is 5.73 Å². The fraction of sp³-hybridized carbons (Fsp3) is 0.500. The number of benzene rings is 1. The first-order chi connectivity index (χ1) is 6.77. The molecule has 0 saturated heterocycles. The lowest BCUT2D eigenvalue weighted by Crippen LogP contribution is -2.31. The van der Waals surface area contributed by atoms with Crippen molar-refractivity contribution in [3.05, 3.63) is 33.4 Å². The molecule has 0 spiro atoms. The van der Waals surface area contributed by atoms with Gasteiger partial charge in [-0.1, -0.05) is 25.0 Å². The van der Waals surface area contributed by atoms with Crippen molar-refractivity contribution in [1.82, 2.24) is 0 Å². The summed E-state index contributed by atoms with van der Waals surface area (Å²) in [5.74, 6) is 0.598. The number of rotatable bonds is 1. The fourth-order valence-corrected chi connectivity index (χ4v) is 2.64. The van der Waals surface area contributed by atoms with Gasteiger partial charge in [-0.2, -0.15) is 0 Å². The van der Waals surface area contributed by atoms with Crippen molar-refractivity contribution in [2.24, 2.45) is 5.73 Å². The highest BCUT2D eigenvalue weighted by Crippen LogP contribution is 2.31. The molecule has 0 aromatic heterocycles. The van der Waals surface area contributed by atoms with E-state index >= 15 is 0 Å². The molecule has 0 heterocycles. The van der Waals surface area contributed by atoms with E-state index in [0.717, 1.165) is 0 Å². The Morgan fingerprint density at radius 1 is 1.07 bits per heavy atom. The minimum absolute atomic E-state index is 0.379. The van der Waals surface area contributed by atoms with Crippen LogP contribution in [-0.4, -0.2) is 6.04 Å². The van der Waals surface area contributed by atoms with Crippen LogP contribution < -0.4 is 5.73 Å². The van der Waals surface area contributed by atoms with Crippen molar-refractivity contribution < 1.29 is 0 Å². The first-order valence-electron chi connectivity index (χ1n) is 5.28. The van der Waals surface area contributed by atoms with Crippen molar-refractivity contribution in [2.75, 3.05) is 0 Å². The van der Waals surface area contributed by atoms with E-state index in [9.17, 15) is 0 Å². The predicted octanol–water partition coefficient (Wildman–Crippen LogP) is 3.28. The van der Waals surface area contributed by atoms with Crippen molar-refractivity contribution in [2.45, 2.75) is 37.6 Å². The lowest BCUT2D eigenvalue weighted by Gasteiger charge is -2.28. The van der Waals surface area contributed by atoms with Crippen LogP contribution in [0.25, 0.3) is 0 Å². The molecular formula is C12H16IN. The van der Waals surface area contributed by atoms with E-state index in [-0.39, 0.29) is 0 Å². The first kappa shape index (κ1) is 10.4. The van der Waals surface area contributed by atoms with E-state index in [1.165, 1.54) is 34.8 Å². The maximum atomic E-state index is 6.15. The molecule has 14 heavy (non-hydrogen) atoms. The zero-order chi connectivity index (χ0) is 9.97. The van der Waals surface area contributed by atoms with Crippen LogP contribution in [0.5, 0.6) is 0 Å². The molecule has 1 aromatic carbocycles. The molecule has 76 valence electrons. The molecule has 1 aliphatic carbocycles. The first-order valence-corrected chi connectivity index (χ1v) is 6.36. The molecule has 1 saturated carbocycles. The SMILES string of the molecule is N[C@H]1CCCC[C@H]1c1ccc(I)cc1. The van der Waals surface area contributed by atoms with Crippen LogP contribution in [0, 0.1) is 3.57 Å². The molecule has 0 amide bonds. The smallest absolute Gasteiger partial charge is 0.0130 e. The molecule has 0 aliphatic heterocycles. The third-order valence-corrected chi connectivity index (χ3v) is 3.84. The number of hydrogen-bond donors (Lipinski definition) is 1. The molecular weight excluding hydrogens is 285 g/mol. The Kier molecular flexibility index (Phi) is 3.44. The topological polar surface area (TPSA) is 26.0 Å². The minimum Gasteiger partial charge on any atom is -0.327 e. The second-order valence-corrected chi connectivity index (χ2v) is 5.35. The van der Waals surface area contributed by atoms with Crippen LogP contribution in [0.4, 0.5) is 0 Å². The Balaban J connectivity index is 2.16. The van der Waals surface area contributed by atoms with Gasteiger partial charge in [0.1, 0.15) is 0 Å². The zero-order valence-corrected chi connectivity index (χ0v) is 10.4. The summed E-state index contributed by atoms with van der Waals surface area (Å²) in [5.41, 5.74) is 7.58. The molecule has 2 atom stereocenters. The molecule has 1 fully saturated rings. The van der Waals surface area contributed by atoms with Crippen LogP contribution in [0.2, 0.25) is 0 Å². The largest absolute Gasteiger partial charge is 0.327 e. The van der Waals surface area contributed by atoms with Crippen LogP contribution in [0.3, 0.4) is 0 Å². The van der Waals surface area contributed by atoms with Gasteiger partial charge in [0.15, 0.2) is 0 Å². The summed E-state index contributed by atoms with van der Waals surface area (Å²) in [7, 11) is 0. The van der Waals surface area contributed by atoms with Gasteiger partial charge in [-0.25, -0.2) is 0 Å². The quantitative estimate of drug-likeness (QED) is 0.792. The van der Waals surface area contributed by atoms with Crippen molar-refractivity contribution in [3.8, 4) is 0 Å². The second kappa shape index (κ2) is 4.62. The van der Waals surface area contributed by atoms with E-state index < -0.39 is 0 Å². The Labute approximate surface area is 99.2 Å². The molecule has 1 aliphatic rings. The van der Waals surface area contributed by atoms with E-state index in [4.69, 9.17) is 5.73 Å². The lowest BCUT2D eigenvalue weighted by molar-refractivity contribution is 0.385. The minimum atomic E-state index is 0.379. The van der Waals surface area contributed by atoms with Gasteiger partial charge in [-0.15, -0.1) is 0 Å². The van der Waals surface area contributed by atoms with Crippen LogP contribution in [0.1, 0.15) is 37.2 Å². The second-order valence-electron chi connectivity index (χ2n) is 4.11. The highest BCUT2D eigenvalue weighted by molar-refractivity contribution is 14.1. The molecule has 2 N–H and O–H groups in total. The average Bonchev–Trinajstić information content (AvgIpc) is 2.20. The van der Waals surface area contributed by atoms with E-state index in [2.05, 4.69) is 46.9 Å². The maximum Gasteiger partial charge on any atom is 0.0130 e. The van der Waals surface area contributed by atoms with Crippen molar-refractivity contribution >= 4 is 22.6 Å². The summed E-state index contributed by atoms with van der Waals surface area (Å²) in [5, 5.41) is 0. The van der Waals surface area contributed by atoms with Crippen molar-refractivity contribution in [1.29, 1.82) is 0 Å². The predicted molar refractivity (Wildman–Crippen MR) is 68.3 cm³/mol. The Bertz CT molecular complexity index is 294. The van der Waals surface area contributed by atoms with Crippen LogP contribution in [-0.2, 0) is 0 Å². The molecule has 0 radical (unpaired) electrons. The third-order valence-electron chi connectivity index (χ3n) is 3.12. The van der Waals surface area contributed by atoms with Crippen molar-refractivity contribution in [3.63, 3.8) is 0 Å². The van der Waals surface area contributed by atoms with Gasteiger partial charge in [-0.05, 0) is 59.0 Å². The van der Waals surface area contributed by atoms with Gasteiger partial charge in [0.25, 0.3) is 0 Å². The Morgan fingerprint density at radius 3 is 2.36 bits per heavy atom. The zero-order valence-electron chi connectivity index (χ0n) is 8.25. The summed E-state index contributed by atoms with van der Waals surface area (Å²) in [6, 6.07) is 9.20. The van der Waals surface area contributed by atoms with Gasteiger partial charge in [0.05, 0.1) is 0 Å². The fourth-order valence-electron chi connectivity index (χ4n) is 2.28. The maximum absolute atomic E-state index is 6.15. The van der Waals surface area contributed by atoms with E-state index in [1.807, 2.05) is 0 Å². The van der Waals surface area contributed by atoms with Crippen LogP contribution in [0.15, 0.2) is 24.3 Å². The standard InChI is InChI=1S/C12H16IN/c13-10-7-5-9(6-8-10)11-3-1-2-4-12(11)14/h5-8,11-12H,1-4,14H2/t11-,12-/m0/s1. The Hall–Kier alpha value is -0.0900. The molecule has 1 nitrogen and oxygen atoms in total. The number of nitrogens with two attached hydrogens (primary N) is 1. The summed E-state index contributed by atoms with van der Waals surface area (Å²) in [4.78, 5) is 0. The third kappa shape index (κ3) is 2.28. The average molecular weight is 301 g/mol. The molecule has 2 heteroatoms. The molecule has 2 rings (SSSR count). The van der Waals surface area contributed by atoms with E-state index in [0.29, 0.717) is 12.0 Å². The molecule has 0 bridgehead atoms. The highest BCUT2D eigenvalue weighted by Gasteiger charge is 2.22.